The highest BCUT2D eigenvalue weighted by molar-refractivity contribution is 7.92. The first-order valence-electron chi connectivity index (χ1n) is 19.6. The van der Waals surface area contributed by atoms with E-state index in [1.807, 2.05) is 38.8 Å². The average Bonchev–Trinajstić information content (AvgIpc) is 3.65. The molecule has 1 amide bonds. The fraction of sp³-hybridized carbons (Fsp3) is 0.395. The molecule has 0 radical (unpaired) electrons. The van der Waals surface area contributed by atoms with Crippen molar-refractivity contribution in [2.75, 3.05) is 54.3 Å². The van der Waals surface area contributed by atoms with Gasteiger partial charge in [-0.1, -0.05) is 52.0 Å². The number of halogens is 1. The lowest BCUT2D eigenvalue weighted by atomic mass is 9.89. The molecule has 14 heteroatoms. The Hall–Kier alpha value is -4.92. The van der Waals surface area contributed by atoms with Gasteiger partial charge in [0.2, 0.25) is 21.9 Å². The number of carbonyl (C=O) groups excluding carboxylic acids is 1. The van der Waals surface area contributed by atoms with Gasteiger partial charge >= 0.3 is 0 Å². The second-order valence-electron chi connectivity index (χ2n) is 15.9. The summed E-state index contributed by atoms with van der Waals surface area (Å²) in [6.45, 7) is 11.4. The number of anilines is 4. The van der Waals surface area contributed by atoms with E-state index in [1.165, 1.54) is 28.5 Å². The van der Waals surface area contributed by atoms with Crippen LogP contribution in [0.2, 0.25) is 0 Å². The Balaban J connectivity index is 1.02. The number of likely N-dealkylation sites (tertiary alicyclic amines) is 1. The molecule has 1 saturated heterocycles. The molecule has 1 fully saturated rings. The van der Waals surface area contributed by atoms with Gasteiger partial charge in [-0.3, -0.25) is 14.4 Å². The first-order valence-corrected chi connectivity index (χ1v) is 22.1. The monoisotopic (exact) mass is 810 g/mol. The summed E-state index contributed by atoms with van der Waals surface area (Å²) in [5.74, 6) is 0.266. The highest BCUT2D eigenvalue weighted by atomic mass is 32.2. The summed E-state index contributed by atoms with van der Waals surface area (Å²) in [5.41, 5.74) is 6.30. The second kappa shape index (κ2) is 16.9. The van der Waals surface area contributed by atoms with Crippen molar-refractivity contribution >= 4 is 50.3 Å². The van der Waals surface area contributed by atoms with Gasteiger partial charge in [-0.05, 0) is 104 Å². The number of hydrogen-bond acceptors (Lipinski definition) is 10. The molecule has 7 rings (SSSR count). The van der Waals surface area contributed by atoms with Crippen LogP contribution in [0.3, 0.4) is 0 Å². The lowest BCUT2D eigenvalue weighted by molar-refractivity contribution is -0.133. The number of sulfonamides is 1. The molecule has 2 aromatic heterocycles. The molecule has 2 aliphatic heterocycles. The van der Waals surface area contributed by atoms with Crippen LogP contribution >= 0.6 is 11.3 Å². The van der Waals surface area contributed by atoms with E-state index >= 15 is 4.39 Å². The number of hydrogen-bond donors (Lipinski definition) is 3. The van der Waals surface area contributed by atoms with Gasteiger partial charge in [0.15, 0.2) is 5.82 Å². The van der Waals surface area contributed by atoms with Crippen molar-refractivity contribution in [1.82, 2.24) is 24.8 Å². The van der Waals surface area contributed by atoms with Gasteiger partial charge in [0.1, 0.15) is 0 Å². The number of rotatable bonds is 12. The third kappa shape index (κ3) is 9.45. The van der Waals surface area contributed by atoms with Crippen LogP contribution in [0.4, 0.5) is 27.4 Å². The quantitative estimate of drug-likeness (QED) is 0.114. The van der Waals surface area contributed by atoms with Crippen molar-refractivity contribution in [3.05, 3.63) is 100 Å². The molecule has 0 unspecified atom stereocenters. The summed E-state index contributed by atoms with van der Waals surface area (Å²) >= 11 is 1.43. The predicted molar refractivity (Wildman–Crippen MR) is 228 cm³/mol. The number of carbonyl (C=O) groups is 1. The van der Waals surface area contributed by atoms with Crippen molar-refractivity contribution in [2.45, 2.75) is 71.3 Å². The molecular weight excluding hydrogens is 760 g/mol. The summed E-state index contributed by atoms with van der Waals surface area (Å²) in [6, 6.07) is 21.2. The zero-order valence-electron chi connectivity index (χ0n) is 33.2. The summed E-state index contributed by atoms with van der Waals surface area (Å²) in [4.78, 5) is 32.6. The van der Waals surface area contributed by atoms with Gasteiger partial charge in [-0.15, -0.1) is 11.3 Å². The average molecular weight is 811 g/mol. The maximum absolute atomic E-state index is 16.1. The number of amides is 1. The molecule has 0 bridgehead atoms. The van der Waals surface area contributed by atoms with E-state index in [4.69, 9.17) is 9.97 Å². The Labute approximate surface area is 339 Å². The molecule has 3 aromatic carbocycles. The summed E-state index contributed by atoms with van der Waals surface area (Å²) in [6.07, 6.45) is 4.92. The first kappa shape index (κ1) is 40.3. The van der Waals surface area contributed by atoms with Gasteiger partial charge in [0, 0.05) is 48.7 Å². The van der Waals surface area contributed by atoms with E-state index in [0.717, 1.165) is 54.3 Å². The molecule has 0 aliphatic carbocycles. The normalized spacial score (nSPS) is 15.3. The van der Waals surface area contributed by atoms with Crippen LogP contribution in [0.1, 0.15) is 74.6 Å². The standard InChI is InChI=1S/C43H51FN8O3S2/c1-6-24-57(54,55)50-35-9-7-8-34(38(35)44)39-40(56-41(49-39)43(2,3)4)36-16-20-46-42(48-36)47-33-15-12-31-26-52(23-19-30(31)25-33)37(53)27-51-21-17-29(18-22-51)28-10-13-32(45-5)14-11-28/h7-16,20,25,29,45,50H,6,17-19,21-24,26-27H2,1-5H3,(H,46,47,48). The van der Waals surface area contributed by atoms with Crippen molar-refractivity contribution in [2.24, 2.45) is 0 Å². The number of aromatic nitrogens is 3. The number of nitrogens with one attached hydrogen (secondary N) is 3. The number of piperidine rings is 1. The predicted octanol–water partition coefficient (Wildman–Crippen LogP) is 8.41. The van der Waals surface area contributed by atoms with Gasteiger partial charge in [-0.25, -0.2) is 27.8 Å². The topological polar surface area (TPSA) is 132 Å². The Morgan fingerprint density at radius 1 is 0.965 bits per heavy atom. The molecule has 4 heterocycles. The fourth-order valence-electron chi connectivity index (χ4n) is 7.43. The molecule has 5 aromatic rings. The maximum Gasteiger partial charge on any atom is 0.237 e. The van der Waals surface area contributed by atoms with E-state index in [0.29, 0.717) is 54.2 Å². The number of nitrogens with zero attached hydrogens (tertiary/aromatic N) is 5. The van der Waals surface area contributed by atoms with Gasteiger partial charge < -0.3 is 15.5 Å². The van der Waals surface area contributed by atoms with Gasteiger partial charge in [0.25, 0.3) is 0 Å². The smallest absolute Gasteiger partial charge is 0.237 e. The van der Waals surface area contributed by atoms with E-state index in [9.17, 15) is 13.2 Å². The van der Waals surface area contributed by atoms with Crippen LogP contribution in [0.5, 0.6) is 0 Å². The van der Waals surface area contributed by atoms with Crippen molar-refractivity contribution in [1.29, 1.82) is 0 Å². The van der Waals surface area contributed by atoms with E-state index in [1.54, 1.807) is 31.3 Å². The Kier molecular flexibility index (Phi) is 11.9. The molecule has 0 atom stereocenters. The lowest BCUT2D eigenvalue weighted by Crippen LogP contribution is -2.44. The van der Waals surface area contributed by atoms with Crippen LogP contribution in [0.15, 0.2) is 72.9 Å². The van der Waals surface area contributed by atoms with Crippen molar-refractivity contribution in [3.8, 4) is 21.8 Å². The summed E-state index contributed by atoms with van der Waals surface area (Å²) < 4.78 is 43.5. The molecule has 0 spiro atoms. The van der Waals surface area contributed by atoms with E-state index in [2.05, 4.69) is 61.6 Å². The second-order valence-corrected chi connectivity index (χ2v) is 18.7. The number of benzene rings is 3. The SMILES string of the molecule is CCCS(=O)(=O)Nc1cccc(-c2nc(C(C)(C)C)sc2-c2ccnc(Nc3ccc4c(c3)CCN(C(=O)CN3CCC(c5ccc(NC)cc5)CC3)C4)n2)c1F. The highest BCUT2D eigenvalue weighted by Gasteiger charge is 2.28. The van der Waals surface area contributed by atoms with Crippen molar-refractivity contribution < 1.29 is 17.6 Å². The molecule has 300 valence electrons. The minimum atomic E-state index is -3.71. The minimum absolute atomic E-state index is 0.111. The Morgan fingerprint density at radius 2 is 1.72 bits per heavy atom. The van der Waals surface area contributed by atoms with Crippen LogP contribution in [0.25, 0.3) is 21.8 Å². The molecule has 57 heavy (non-hydrogen) atoms. The summed E-state index contributed by atoms with van der Waals surface area (Å²) in [5, 5.41) is 7.32. The zero-order valence-corrected chi connectivity index (χ0v) is 34.9. The third-order valence-corrected chi connectivity index (χ3v) is 13.6. The maximum atomic E-state index is 16.1. The van der Waals surface area contributed by atoms with E-state index < -0.39 is 15.8 Å². The molecule has 0 saturated carbocycles. The fourth-order valence-corrected chi connectivity index (χ4v) is 9.67. The van der Waals surface area contributed by atoms with E-state index in [-0.39, 0.29) is 28.3 Å². The molecular formula is C43H51FN8O3S2. The van der Waals surface area contributed by atoms with Crippen LogP contribution < -0.4 is 15.4 Å². The Morgan fingerprint density at radius 3 is 2.44 bits per heavy atom. The lowest BCUT2D eigenvalue weighted by Gasteiger charge is -2.35. The van der Waals surface area contributed by atoms with Gasteiger partial charge in [0.05, 0.1) is 39.3 Å². The van der Waals surface area contributed by atoms with Gasteiger partial charge in [-0.2, -0.15) is 0 Å². The third-order valence-electron chi connectivity index (χ3n) is 10.6. The van der Waals surface area contributed by atoms with Crippen molar-refractivity contribution in [3.63, 3.8) is 0 Å². The molecule has 11 nitrogen and oxygen atoms in total. The molecule has 3 N–H and O–H groups in total. The molecule has 2 aliphatic rings. The van der Waals surface area contributed by atoms with Crippen LogP contribution in [-0.2, 0) is 33.2 Å². The largest absolute Gasteiger partial charge is 0.388 e. The number of fused-ring (bicyclic) bond motifs is 1. The number of thiazole rings is 1. The highest BCUT2D eigenvalue weighted by Crippen LogP contribution is 2.42. The minimum Gasteiger partial charge on any atom is -0.388 e. The first-order chi connectivity index (χ1) is 27.3. The van der Waals surface area contributed by atoms with Crippen LogP contribution in [0, 0.1) is 5.82 Å². The zero-order chi connectivity index (χ0) is 40.3. The van der Waals surface area contributed by atoms with Crippen LogP contribution in [-0.4, -0.2) is 78.1 Å². The Bertz CT molecular complexity index is 2340. The summed E-state index contributed by atoms with van der Waals surface area (Å²) in [7, 11) is -1.78.